The molecule has 1 aromatic heterocycles. The average molecular weight is 350 g/mol. The lowest BCUT2D eigenvalue weighted by Gasteiger charge is -2.28. The Morgan fingerprint density at radius 3 is 2.52 bits per heavy atom. The van der Waals surface area contributed by atoms with Gasteiger partial charge in [0.15, 0.2) is 11.9 Å². The van der Waals surface area contributed by atoms with Gasteiger partial charge in [-0.1, -0.05) is 12.2 Å². The Bertz CT molecular complexity index is 606. The molecule has 0 unspecified atom stereocenters. The Kier molecular flexibility index (Phi) is 7.27. The summed E-state index contributed by atoms with van der Waals surface area (Å²) in [5.41, 5.74) is 0.236. The number of rotatable bonds is 6. The summed E-state index contributed by atoms with van der Waals surface area (Å²) in [6.45, 7) is 11.3. The van der Waals surface area contributed by atoms with Gasteiger partial charge in [0.2, 0.25) is 6.20 Å². The van der Waals surface area contributed by atoms with Crippen LogP contribution in [0.3, 0.4) is 0 Å². The Balaban J connectivity index is 2.67. The molecule has 0 aliphatic rings. The van der Waals surface area contributed by atoms with Crippen molar-refractivity contribution in [1.29, 1.82) is 0 Å². The van der Waals surface area contributed by atoms with E-state index in [0.717, 1.165) is 10.3 Å². The lowest BCUT2D eigenvalue weighted by Crippen LogP contribution is -2.39. The second-order valence-corrected chi connectivity index (χ2v) is 7.41. The molecule has 0 saturated heterocycles. The van der Waals surface area contributed by atoms with Crippen LogP contribution in [0.15, 0.2) is 24.5 Å². The van der Waals surface area contributed by atoms with Crippen LogP contribution in [0.4, 0.5) is 4.79 Å². The van der Waals surface area contributed by atoms with Crippen molar-refractivity contribution in [2.45, 2.75) is 65.7 Å². The molecule has 6 nitrogen and oxygen atoms in total. The highest BCUT2D eigenvalue weighted by molar-refractivity contribution is 5.68. The van der Waals surface area contributed by atoms with E-state index in [-0.39, 0.29) is 18.2 Å². The van der Waals surface area contributed by atoms with E-state index in [1.165, 1.54) is 12.4 Å². The lowest BCUT2D eigenvalue weighted by molar-refractivity contribution is -0.606. The Labute approximate surface area is 150 Å². The molecule has 0 N–H and O–H groups in total. The molecular formula is C19H30N2O4. The van der Waals surface area contributed by atoms with Crippen molar-refractivity contribution in [1.82, 2.24) is 4.90 Å². The Morgan fingerprint density at radius 2 is 1.96 bits per heavy atom. The van der Waals surface area contributed by atoms with Crippen molar-refractivity contribution in [3.05, 3.63) is 35.3 Å². The fraction of sp³-hybridized carbons (Fsp3) is 0.579. The molecule has 0 aromatic carbocycles. The van der Waals surface area contributed by atoms with Gasteiger partial charge in [-0.15, -0.1) is 0 Å². The molecule has 1 rings (SSSR count). The Morgan fingerprint density at radius 1 is 1.32 bits per heavy atom. The lowest BCUT2D eigenvalue weighted by atomic mass is 10.1. The number of ether oxygens (including phenoxy) is 2. The van der Waals surface area contributed by atoms with Crippen molar-refractivity contribution in [2.75, 3.05) is 7.05 Å². The van der Waals surface area contributed by atoms with Gasteiger partial charge in [-0.2, -0.15) is 4.73 Å². The summed E-state index contributed by atoms with van der Waals surface area (Å²) in [6.07, 6.45) is 6.95. The maximum absolute atomic E-state index is 12.0. The molecule has 0 aliphatic carbocycles. The van der Waals surface area contributed by atoms with Gasteiger partial charge in [-0.25, -0.2) is 4.79 Å². The van der Waals surface area contributed by atoms with E-state index >= 15 is 0 Å². The number of carbonyl (C=O) groups excluding carboxylic acids is 1. The summed E-state index contributed by atoms with van der Waals surface area (Å²) in [5, 5.41) is 11.7. The summed E-state index contributed by atoms with van der Waals surface area (Å²) in [7, 11) is 1.72. The third-order valence-electron chi connectivity index (χ3n) is 3.34. The molecule has 25 heavy (non-hydrogen) atoms. The van der Waals surface area contributed by atoms with Gasteiger partial charge in [-0.05, 0) is 54.0 Å². The highest BCUT2D eigenvalue weighted by Gasteiger charge is 2.22. The molecule has 0 bridgehead atoms. The number of aromatic nitrogens is 1. The molecular weight excluding hydrogens is 320 g/mol. The van der Waals surface area contributed by atoms with Crippen molar-refractivity contribution in [2.24, 2.45) is 0 Å². The molecule has 6 heteroatoms. The molecule has 0 saturated carbocycles. The minimum absolute atomic E-state index is 0.00160. The van der Waals surface area contributed by atoms with Gasteiger partial charge >= 0.3 is 6.09 Å². The van der Waals surface area contributed by atoms with Gasteiger partial charge in [-0.3, -0.25) is 0 Å². The first-order valence-electron chi connectivity index (χ1n) is 8.51. The zero-order valence-electron chi connectivity index (χ0n) is 16.3. The van der Waals surface area contributed by atoms with Crippen LogP contribution in [0, 0.1) is 5.21 Å². The topological polar surface area (TPSA) is 65.7 Å². The summed E-state index contributed by atoms with van der Waals surface area (Å²) >= 11 is 0. The zero-order valence-corrected chi connectivity index (χ0v) is 16.3. The van der Waals surface area contributed by atoms with E-state index in [1.54, 1.807) is 11.9 Å². The van der Waals surface area contributed by atoms with Crippen molar-refractivity contribution in [3.63, 3.8) is 0 Å². The maximum atomic E-state index is 12.0. The molecule has 0 aliphatic heterocycles. The summed E-state index contributed by atoms with van der Waals surface area (Å²) in [4.78, 5) is 13.6. The monoisotopic (exact) mass is 350 g/mol. The highest BCUT2D eigenvalue weighted by Crippen LogP contribution is 2.15. The van der Waals surface area contributed by atoms with E-state index in [1.807, 2.05) is 59.8 Å². The van der Waals surface area contributed by atoms with E-state index < -0.39 is 5.60 Å². The average Bonchev–Trinajstić information content (AvgIpc) is 2.43. The smallest absolute Gasteiger partial charge is 0.410 e. The molecule has 140 valence electrons. The summed E-state index contributed by atoms with van der Waals surface area (Å²) in [5.74, 6) is 0.533. The van der Waals surface area contributed by atoms with Crippen molar-refractivity contribution < 1.29 is 19.0 Å². The second kappa shape index (κ2) is 8.74. The van der Waals surface area contributed by atoms with Crippen LogP contribution in [0.25, 0.3) is 6.08 Å². The van der Waals surface area contributed by atoms with E-state index in [2.05, 4.69) is 0 Å². The second-order valence-electron chi connectivity index (χ2n) is 7.41. The van der Waals surface area contributed by atoms with Crippen LogP contribution in [0.5, 0.6) is 5.75 Å². The predicted octanol–water partition coefficient (Wildman–Crippen LogP) is 3.77. The first kappa shape index (κ1) is 20.8. The van der Waals surface area contributed by atoms with Crippen LogP contribution in [-0.4, -0.2) is 35.8 Å². The molecule has 1 aromatic rings. The van der Waals surface area contributed by atoms with Crippen molar-refractivity contribution in [3.8, 4) is 5.75 Å². The maximum Gasteiger partial charge on any atom is 0.410 e. The van der Waals surface area contributed by atoms with Gasteiger partial charge in [0.05, 0.1) is 6.10 Å². The van der Waals surface area contributed by atoms with Gasteiger partial charge in [0, 0.05) is 18.7 Å². The largest absolute Gasteiger partial charge is 0.619 e. The third-order valence-corrected chi connectivity index (χ3v) is 3.34. The molecule has 0 spiro atoms. The molecule has 1 amide bonds. The number of nitrogens with zero attached hydrogens (tertiary/aromatic N) is 2. The van der Waals surface area contributed by atoms with Crippen LogP contribution < -0.4 is 9.47 Å². The highest BCUT2D eigenvalue weighted by atomic mass is 16.6. The van der Waals surface area contributed by atoms with Gasteiger partial charge in [0.1, 0.15) is 5.60 Å². The van der Waals surface area contributed by atoms with Gasteiger partial charge in [0.25, 0.3) is 0 Å². The first-order chi connectivity index (χ1) is 11.5. The number of carbonyl (C=O) groups is 1. The summed E-state index contributed by atoms with van der Waals surface area (Å²) in [6, 6.07) is 1.79. The van der Waals surface area contributed by atoms with Crippen LogP contribution in [0.2, 0.25) is 0 Å². The zero-order chi connectivity index (χ0) is 19.2. The Hall–Kier alpha value is -2.24. The fourth-order valence-electron chi connectivity index (χ4n) is 2.05. The molecule has 1 heterocycles. The number of pyridine rings is 1. The number of hydrogen-bond donors (Lipinski definition) is 0. The normalized spacial score (nSPS) is 13.1. The third kappa shape index (κ3) is 7.92. The minimum Gasteiger partial charge on any atom is -0.619 e. The summed E-state index contributed by atoms with van der Waals surface area (Å²) < 4.78 is 11.6. The van der Waals surface area contributed by atoms with E-state index in [0.29, 0.717) is 12.2 Å². The van der Waals surface area contributed by atoms with Crippen LogP contribution >= 0.6 is 0 Å². The quantitative estimate of drug-likeness (QED) is 0.579. The molecule has 0 fully saturated rings. The van der Waals surface area contributed by atoms with Crippen LogP contribution in [0.1, 0.15) is 53.5 Å². The fourth-order valence-corrected chi connectivity index (χ4v) is 2.05. The standard InChI is InChI=1S/C19H30N2O4/c1-14(2)24-17-11-16(12-21(23)13-17)10-8-9-15(3)20(7)18(22)25-19(4,5)6/h8,10-15H,9H2,1-7H3/b10-8+/t15-/m0/s1. The SMILES string of the molecule is CC(C)Oc1cc(/C=C/C[C@H](C)N(C)C(=O)OC(C)(C)C)c[n+]([O-])c1. The van der Waals surface area contributed by atoms with E-state index in [9.17, 15) is 10.0 Å². The molecule has 0 radical (unpaired) electrons. The first-order valence-corrected chi connectivity index (χ1v) is 8.51. The molecule has 1 atom stereocenters. The number of hydrogen-bond acceptors (Lipinski definition) is 4. The van der Waals surface area contributed by atoms with Crippen molar-refractivity contribution >= 4 is 12.2 Å². The number of amides is 1. The predicted molar refractivity (Wildman–Crippen MR) is 98.3 cm³/mol. The van der Waals surface area contributed by atoms with Gasteiger partial charge < -0.3 is 19.6 Å². The minimum atomic E-state index is -0.514. The van der Waals surface area contributed by atoms with Crippen LogP contribution in [-0.2, 0) is 4.74 Å². The van der Waals surface area contributed by atoms with E-state index in [4.69, 9.17) is 9.47 Å².